The van der Waals surface area contributed by atoms with Crippen LogP contribution in [0.5, 0.6) is 0 Å². The Morgan fingerprint density at radius 1 is 1.23 bits per heavy atom. The molecule has 1 aromatic heterocycles. The zero-order valence-corrected chi connectivity index (χ0v) is 15.7. The largest absolute Gasteiger partial charge is 0.347 e. The van der Waals surface area contributed by atoms with Crippen molar-refractivity contribution in [3.05, 3.63) is 69.3 Å². The van der Waals surface area contributed by atoms with Gasteiger partial charge in [-0.05, 0) is 37.3 Å². The summed E-state index contributed by atoms with van der Waals surface area (Å²) in [6.07, 6.45) is 1.61. The molecule has 0 aliphatic carbocycles. The first-order chi connectivity index (χ1) is 12.4. The van der Waals surface area contributed by atoms with Gasteiger partial charge in [-0.1, -0.05) is 41.4 Å². The van der Waals surface area contributed by atoms with Crippen molar-refractivity contribution in [2.75, 3.05) is 5.32 Å². The number of nitrogens with zero attached hydrogens (tertiary/aromatic N) is 2. The van der Waals surface area contributed by atoms with E-state index >= 15 is 0 Å². The molecule has 0 aliphatic heterocycles. The average Bonchev–Trinajstić information content (AvgIpc) is 2.86. The predicted octanol–water partition coefficient (Wildman–Crippen LogP) is 5.34. The molecule has 1 amide bonds. The first-order valence-electron chi connectivity index (χ1n) is 7.84. The number of fused-ring (bicyclic) bond motifs is 1. The summed E-state index contributed by atoms with van der Waals surface area (Å²) in [5, 5.41) is 13.9. The highest BCUT2D eigenvalue weighted by Gasteiger charge is 2.15. The van der Waals surface area contributed by atoms with Gasteiger partial charge in [-0.15, -0.1) is 0 Å². The molecule has 0 saturated heterocycles. The molecule has 3 aromatic rings. The van der Waals surface area contributed by atoms with Crippen LogP contribution < -0.4 is 5.32 Å². The number of amides is 1. The molecule has 0 saturated carbocycles. The van der Waals surface area contributed by atoms with E-state index in [4.69, 9.17) is 23.2 Å². The zero-order valence-electron chi connectivity index (χ0n) is 14.2. The van der Waals surface area contributed by atoms with E-state index in [0.717, 1.165) is 22.2 Å². The first-order valence-corrected chi connectivity index (χ1v) is 8.60. The molecule has 0 aliphatic rings. The molecule has 4 nitrogen and oxygen atoms in total. The summed E-state index contributed by atoms with van der Waals surface area (Å²) in [6, 6.07) is 14.6. The zero-order chi connectivity index (χ0) is 18.8. The maximum atomic E-state index is 12.5. The molecule has 2 aromatic carbocycles. The molecule has 1 heterocycles. The summed E-state index contributed by atoms with van der Waals surface area (Å²) < 4.78 is 2.03. The van der Waals surface area contributed by atoms with Crippen LogP contribution >= 0.6 is 23.2 Å². The lowest BCUT2D eigenvalue weighted by Crippen LogP contribution is -2.13. The average molecular weight is 384 g/mol. The number of hydrogen-bond donors (Lipinski definition) is 1. The molecule has 0 atom stereocenters. The molecule has 26 heavy (non-hydrogen) atoms. The van der Waals surface area contributed by atoms with Gasteiger partial charge in [0.15, 0.2) is 0 Å². The van der Waals surface area contributed by atoms with Crippen molar-refractivity contribution in [3.8, 4) is 6.07 Å². The number of para-hydroxylation sites is 1. The van der Waals surface area contributed by atoms with E-state index in [-0.39, 0.29) is 5.57 Å². The number of nitrogens with one attached hydrogen (secondary N) is 1. The quantitative estimate of drug-likeness (QED) is 0.490. The molecule has 6 heteroatoms. The Labute approximate surface area is 161 Å². The number of nitriles is 1. The molecule has 1 N–H and O–H groups in total. The van der Waals surface area contributed by atoms with Gasteiger partial charge in [-0.2, -0.15) is 5.26 Å². The standard InChI is InChI=1S/C20H15Cl2N3O/c1-12-16(15-5-3-4-6-19(15)25(12)2)9-13(11-23)20(26)24-18-8-7-14(21)10-17(18)22/h3-10H,1-2H3,(H,24,26)/b13-9+. The van der Waals surface area contributed by atoms with E-state index in [1.807, 2.05) is 48.9 Å². The highest BCUT2D eigenvalue weighted by atomic mass is 35.5. The number of anilines is 1. The minimum Gasteiger partial charge on any atom is -0.347 e. The van der Waals surface area contributed by atoms with Crippen molar-refractivity contribution in [1.82, 2.24) is 4.57 Å². The number of aryl methyl sites for hydroxylation is 1. The minimum atomic E-state index is -0.524. The second-order valence-electron chi connectivity index (χ2n) is 5.82. The highest BCUT2D eigenvalue weighted by molar-refractivity contribution is 6.37. The van der Waals surface area contributed by atoms with Crippen LogP contribution in [-0.4, -0.2) is 10.5 Å². The number of carbonyl (C=O) groups excluding carboxylic acids is 1. The highest BCUT2D eigenvalue weighted by Crippen LogP contribution is 2.28. The SMILES string of the molecule is Cc1c(/C=C(\C#N)C(=O)Nc2ccc(Cl)cc2Cl)c2ccccc2n1C. The molecule has 0 spiro atoms. The van der Waals surface area contributed by atoms with Crippen LogP contribution in [0, 0.1) is 18.3 Å². The number of carbonyl (C=O) groups is 1. The Hall–Kier alpha value is -2.74. The summed E-state index contributed by atoms with van der Waals surface area (Å²) in [6.45, 7) is 1.95. The monoisotopic (exact) mass is 383 g/mol. The lowest BCUT2D eigenvalue weighted by molar-refractivity contribution is -0.112. The van der Waals surface area contributed by atoms with Gasteiger partial charge in [-0.25, -0.2) is 0 Å². The van der Waals surface area contributed by atoms with Crippen LogP contribution in [0.15, 0.2) is 48.0 Å². The Balaban J connectivity index is 2.00. The van der Waals surface area contributed by atoms with Crippen LogP contribution in [0.1, 0.15) is 11.3 Å². The van der Waals surface area contributed by atoms with E-state index < -0.39 is 5.91 Å². The number of halogens is 2. The second kappa shape index (κ2) is 7.25. The Morgan fingerprint density at radius 2 is 1.96 bits per heavy atom. The molecule has 130 valence electrons. The third kappa shape index (κ3) is 3.32. The lowest BCUT2D eigenvalue weighted by Gasteiger charge is -2.07. The predicted molar refractivity (Wildman–Crippen MR) is 106 cm³/mol. The van der Waals surface area contributed by atoms with E-state index in [1.54, 1.807) is 18.2 Å². The second-order valence-corrected chi connectivity index (χ2v) is 6.67. The van der Waals surface area contributed by atoms with Gasteiger partial charge >= 0.3 is 0 Å². The summed E-state index contributed by atoms with van der Waals surface area (Å²) in [5.41, 5.74) is 3.25. The number of hydrogen-bond acceptors (Lipinski definition) is 2. The van der Waals surface area contributed by atoms with Gasteiger partial charge in [0.25, 0.3) is 5.91 Å². The third-order valence-corrected chi connectivity index (χ3v) is 4.83. The van der Waals surface area contributed by atoms with Crippen molar-refractivity contribution < 1.29 is 4.79 Å². The van der Waals surface area contributed by atoms with E-state index in [0.29, 0.717) is 15.7 Å². The maximum absolute atomic E-state index is 12.5. The number of rotatable bonds is 3. The normalized spacial score (nSPS) is 11.4. The molecule has 0 unspecified atom stereocenters. The van der Waals surface area contributed by atoms with Gasteiger partial charge in [0.2, 0.25) is 0 Å². The van der Waals surface area contributed by atoms with E-state index in [9.17, 15) is 10.1 Å². The van der Waals surface area contributed by atoms with Crippen molar-refractivity contribution in [3.63, 3.8) is 0 Å². The van der Waals surface area contributed by atoms with E-state index in [2.05, 4.69) is 5.32 Å². The molecular formula is C20H15Cl2N3O. The van der Waals surface area contributed by atoms with Crippen LogP contribution in [0.4, 0.5) is 5.69 Å². The van der Waals surface area contributed by atoms with Crippen LogP contribution in [0.3, 0.4) is 0 Å². The summed E-state index contributed by atoms with van der Waals surface area (Å²) in [4.78, 5) is 12.5. The molecule has 3 rings (SSSR count). The molecule has 0 radical (unpaired) electrons. The fraction of sp³-hybridized carbons (Fsp3) is 0.100. The molecule has 0 fully saturated rings. The van der Waals surface area contributed by atoms with Gasteiger partial charge in [-0.3, -0.25) is 4.79 Å². The molecular weight excluding hydrogens is 369 g/mol. The van der Waals surface area contributed by atoms with Gasteiger partial charge in [0, 0.05) is 34.2 Å². The topological polar surface area (TPSA) is 57.8 Å². The number of benzene rings is 2. The van der Waals surface area contributed by atoms with Gasteiger partial charge in [0.1, 0.15) is 11.6 Å². The summed E-state index contributed by atoms with van der Waals surface area (Å²) in [7, 11) is 1.95. The van der Waals surface area contributed by atoms with Crippen LogP contribution in [0.25, 0.3) is 17.0 Å². The van der Waals surface area contributed by atoms with Gasteiger partial charge < -0.3 is 9.88 Å². The lowest BCUT2D eigenvalue weighted by atomic mass is 10.1. The van der Waals surface area contributed by atoms with Crippen LogP contribution in [0.2, 0.25) is 10.0 Å². The van der Waals surface area contributed by atoms with Crippen molar-refractivity contribution >= 4 is 51.8 Å². The van der Waals surface area contributed by atoms with Crippen molar-refractivity contribution in [2.45, 2.75) is 6.92 Å². The van der Waals surface area contributed by atoms with Crippen molar-refractivity contribution in [1.29, 1.82) is 5.26 Å². The Bertz CT molecular complexity index is 1090. The maximum Gasteiger partial charge on any atom is 0.266 e. The molecule has 0 bridgehead atoms. The number of aromatic nitrogens is 1. The fourth-order valence-electron chi connectivity index (χ4n) is 2.81. The summed E-state index contributed by atoms with van der Waals surface area (Å²) in [5.74, 6) is -0.524. The van der Waals surface area contributed by atoms with Crippen molar-refractivity contribution in [2.24, 2.45) is 7.05 Å². The van der Waals surface area contributed by atoms with Gasteiger partial charge in [0.05, 0.1) is 10.7 Å². The fourth-order valence-corrected chi connectivity index (χ4v) is 3.26. The smallest absolute Gasteiger partial charge is 0.266 e. The summed E-state index contributed by atoms with van der Waals surface area (Å²) >= 11 is 11.9. The Kier molecular flexibility index (Phi) is 5.03. The minimum absolute atomic E-state index is 0.00419. The third-order valence-electron chi connectivity index (χ3n) is 4.28. The first kappa shape index (κ1) is 18.1. The van der Waals surface area contributed by atoms with Crippen LogP contribution in [-0.2, 0) is 11.8 Å². The Morgan fingerprint density at radius 3 is 2.65 bits per heavy atom. The van der Waals surface area contributed by atoms with E-state index in [1.165, 1.54) is 6.07 Å².